The van der Waals surface area contributed by atoms with E-state index in [1.165, 1.54) is 44.1 Å². The van der Waals surface area contributed by atoms with E-state index in [2.05, 4.69) is 30.3 Å². The Morgan fingerprint density at radius 3 is 2.17 bits per heavy atom. The lowest BCUT2D eigenvalue weighted by atomic mass is 9.48. The molecule has 0 unspecified atom stereocenters. The van der Waals surface area contributed by atoms with Crippen molar-refractivity contribution in [1.29, 1.82) is 0 Å². The average molecular weight is 485 g/mol. The molecule has 0 atom stereocenters. The SMILES string of the molecule is CCOC(=O)c1cc(O)c2cc(-c3ccc(OC)c(C45CC6CC(CC(C6)C4)C5)c3)ccc2c1CC. The Morgan fingerprint density at radius 2 is 1.56 bits per heavy atom. The third-order valence-corrected chi connectivity index (χ3v) is 9.22. The minimum Gasteiger partial charge on any atom is -0.507 e. The number of rotatable bonds is 6. The monoisotopic (exact) mass is 484 g/mol. The van der Waals surface area contributed by atoms with Gasteiger partial charge in [0.15, 0.2) is 0 Å². The molecular weight excluding hydrogens is 448 g/mol. The fourth-order valence-electron chi connectivity index (χ4n) is 8.16. The molecule has 188 valence electrons. The van der Waals surface area contributed by atoms with Crippen molar-refractivity contribution in [2.45, 2.75) is 64.2 Å². The van der Waals surface area contributed by atoms with Gasteiger partial charge in [-0.3, -0.25) is 0 Å². The molecular formula is C32H36O4. The Labute approximate surface area is 213 Å². The van der Waals surface area contributed by atoms with Crippen molar-refractivity contribution in [2.75, 3.05) is 13.7 Å². The van der Waals surface area contributed by atoms with Gasteiger partial charge in [0.1, 0.15) is 11.5 Å². The van der Waals surface area contributed by atoms with Crippen molar-refractivity contribution in [3.8, 4) is 22.6 Å². The summed E-state index contributed by atoms with van der Waals surface area (Å²) >= 11 is 0. The molecule has 0 radical (unpaired) electrons. The van der Waals surface area contributed by atoms with Crippen molar-refractivity contribution in [3.63, 3.8) is 0 Å². The highest BCUT2D eigenvalue weighted by molar-refractivity contribution is 6.02. The molecule has 0 heterocycles. The van der Waals surface area contributed by atoms with Crippen LogP contribution in [0.4, 0.5) is 0 Å². The molecule has 36 heavy (non-hydrogen) atoms. The number of hydrogen-bond acceptors (Lipinski definition) is 4. The van der Waals surface area contributed by atoms with Crippen molar-refractivity contribution < 1.29 is 19.4 Å². The highest BCUT2D eigenvalue weighted by Gasteiger charge is 2.52. The average Bonchev–Trinajstić information content (AvgIpc) is 2.87. The number of benzene rings is 3. The van der Waals surface area contributed by atoms with Gasteiger partial charge in [-0.1, -0.05) is 25.1 Å². The van der Waals surface area contributed by atoms with Gasteiger partial charge in [0.2, 0.25) is 0 Å². The molecule has 0 aliphatic heterocycles. The Bertz CT molecular complexity index is 1300. The second-order valence-electron chi connectivity index (χ2n) is 11.4. The van der Waals surface area contributed by atoms with Crippen LogP contribution in [-0.2, 0) is 16.6 Å². The molecule has 0 amide bonds. The van der Waals surface area contributed by atoms with Gasteiger partial charge >= 0.3 is 5.97 Å². The van der Waals surface area contributed by atoms with E-state index in [9.17, 15) is 9.90 Å². The fourth-order valence-corrected chi connectivity index (χ4v) is 8.16. The summed E-state index contributed by atoms with van der Waals surface area (Å²) in [4.78, 5) is 12.5. The van der Waals surface area contributed by atoms with E-state index in [0.717, 1.165) is 51.0 Å². The second-order valence-corrected chi connectivity index (χ2v) is 11.4. The number of aryl methyl sites for hydroxylation is 1. The molecule has 4 nitrogen and oxygen atoms in total. The molecule has 7 rings (SSSR count). The number of carbonyl (C=O) groups is 1. The molecule has 0 aromatic heterocycles. The molecule has 4 bridgehead atoms. The van der Waals surface area contributed by atoms with Gasteiger partial charge in [-0.05, 0) is 121 Å². The molecule has 1 N–H and O–H groups in total. The molecule has 3 aromatic carbocycles. The third-order valence-electron chi connectivity index (χ3n) is 9.22. The van der Waals surface area contributed by atoms with Crippen molar-refractivity contribution >= 4 is 16.7 Å². The maximum atomic E-state index is 12.5. The summed E-state index contributed by atoms with van der Waals surface area (Å²) in [5, 5.41) is 12.6. The Kier molecular flexibility index (Phi) is 5.74. The van der Waals surface area contributed by atoms with Crippen LogP contribution in [0, 0.1) is 17.8 Å². The molecule has 3 aromatic rings. The number of carbonyl (C=O) groups excluding carboxylic acids is 1. The van der Waals surface area contributed by atoms with E-state index in [4.69, 9.17) is 9.47 Å². The molecule has 4 saturated carbocycles. The van der Waals surface area contributed by atoms with Gasteiger partial charge in [-0.25, -0.2) is 4.79 Å². The smallest absolute Gasteiger partial charge is 0.338 e. The summed E-state index contributed by atoms with van der Waals surface area (Å²) in [5.41, 5.74) is 5.19. The van der Waals surface area contributed by atoms with E-state index in [-0.39, 0.29) is 17.1 Å². The lowest BCUT2D eigenvalue weighted by Gasteiger charge is -2.57. The topological polar surface area (TPSA) is 55.8 Å². The summed E-state index contributed by atoms with van der Waals surface area (Å²) in [5.74, 6) is 3.33. The molecule has 4 aliphatic carbocycles. The van der Waals surface area contributed by atoms with Gasteiger partial charge in [0.25, 0.3) is 0 Å². The molecule has 4 aliphatic rings. The summed E-state index contributed by atoms with van der Waals surface area (Å²) < 4.78 is 11.2. The number of ether oxygens (including phenoxy) is 2. The fraction of sp³-hybridized carbons (Fsp3) is 0.469. The first-order valence-electron chi connectivity index (χ1n) is 13.6. The summed E-state index contributed by atoms with van der Waals surface area (Å²) in [6, 6.07) is 14.4. The predicted molar refractivity (Wildman–Crippen MR) is 143 cm³/mol. The summed E-state index contributed by atoms with van der Waals surface area (Å²) in [6.45, 7) is 4.14. The number of phenols is 1. The first kappa shape index (κ1) is 23.4. The van der Waals surface area contributed by atoms with Crippen LogP contribution < -0.4 is 4.74 Å². The van der Waals surface area contributed by atoms with Gasteiger partial charge in [-0.15, -0.1) is 0 Å². The third kappa shape index (κ3) is 3.68. The standard InChI is InChI=1S/C32H36O4/c1-4-24-25-8-6-22(13-26(25)29(33)15-27(24)31(34)36-5-2)23-7-9-30(35-3)28(14-23)32-16-19-10-20(17-32)12-21(11-19)18-32/h6-9,13-15,19-21,33H,4-5,10-12,16-18H2,1-3H3. The number of hydrogen-bond donors (Lipinski definition) is 1. The zero-order chi connectivity index (χ0) is 25.0. The normalized spacial score (nSPS) is 26.4. The first-order chi connectivity index (χ1) is 17.4. The van der Waals surface area contributed by atoms with Crippen LogP contribution in [0.1, 0.15) is 73.9 Å². The van der Waals surface area contributed by atoms with Crippen LogP contribution >= 0.6 is 0 Å². The van der Waals surface area contributed by atoms with Crippen LogP contribution in [0.15, 0.2) is 42.5 Å². The zero-order valence-electron chi connectivity index (χ0n) is 21.6. The minimum atomic E-state index is -0.383. The number of phenolic OH excluding ortho intramolecular Hbond substituents is 1. The molecule has 0 saturated heterocycles. The number of fused-ring (bicyclic) bond motifs is 1. The van der Waals surface area contributed by atoms with Crippen molar-refractivity contribution in [3.05, 3.63) is 59.2 Å². The molecule has 4 heteroatoms. The Morgan fingerprint density at radius 1 is 0.917 bits per heavy atom. The van der Waals surface area contributed by atoms with E-state index < -0.39 is 0 Å². The van der Waals surface area contributed by atoms with E-state index in [1.54, 1.807) is 20.1 Å². The minimum absolute atomic E-state index is 0.113. The first-order valence-corrected chi connectivity index (χ1v) is 13.6. The van der Waals surface area contributed by atoms with Crippen molar-refractivity contribution in [2.24, 2.45) is 17.8 Å². The maximum absolute atomic E-state index is 12.5. The largest absolute Gasteiger partial charge is 0.507 e. The van der Waals surface area contributed by atoms with E-state index >= 15 is 0 Å². The Hall–Kier alpha value is -3.01. The van der Waals surface area contributed by atoms with Gasteiger partial charge < -0.3 is 14.6 Å². The summed E-state index contributed by atoms with van der Waals surface area (Å²) in [6.07, 6.45) is 8.79. The Balaban J connectivity index is 1.44. The quantitative estimate of drug-likeness (QED) is 0.370. The number of esters is 1. The number of methoxy groups -OCH3 is 1. The van der Waals surface area contributed by atoms with Crippen LogP contribution in [0.3, 0.4) is 0 Å². The maximum Gasteiger partial charge on any atom is 0.338 e. The van der Waals surface area contributed by atoms with Gasteiger partial charge in [-0.2, -0.15) is 0 Å². The highest BCUT2D eigenvalue weighted by Crippen LogP contribution is 2.62. The van der Waals surface area contributed by atoms with Crippen LogP contribution in [0.5, 0.6) is 11.5 Å². The summed E-state index contributed by atoms with van der Waals surface area (Å²) in [7, 11) is 1.79. The van der Waals surface area contributed by atoms with Crippen molar-refractivity contribution in [1.82, 2.24) is 0 Å². The van der Waals surface area contributed by atoms with Crippen LogP contribution in [-0.4, -0.2) is 24.8 Å². The zero-order valence-corrected chi connectivity index (χ0v) is 21.6. The van der Waals surface area contributed by atoms with Gasteiger partial charge in [0.05, 0.1) is 19.3 Å². The van der Waals surface area contributed by atoms with E-state index in [0.29, 0.717) is 18.6 Å². The van der Waals surface area contributed by atoms with Gasteiger partial charge in [0, 0.05) is 10.9 Å². The van der Waals surface area contributed by atoms with Crippen LogP contribution in [0.25, 0.3) is 21.9 Å². The lowest BCUT2D eigenvalue weighted by molar-refractivity contribution is -0.00613. The predicted octanol–water partition coefficient (Wildman–Crippen LogP) is 7.43. The number of aromatic hydroxyl groups is 1. The highest BCUT2D eigenvalue weighted by atomic mass is 16.5. The van der Waals surface area contributed by atoms with Crippen LogP contribution in [0.2, 0.25) is 0 Å². The van der Waals surface area contributed by atoms with E-state index in [1.807, 2.05) is 13.0 Å². The lowest BCUT2D eigenvalue weighted by Crippen LogP contribution is -2.48. The molecule has 4 fully saturated rings. The molecule has 0 spiro atoms. The second kappa shape index (κ2) is 8.83.